The molecule has 1 unspecified atom stereocenters. The number of ether oxygens (including phenoxy) is 1. The van der Waals surface area contributed by atoms with Crippen LogP contribution >= 0.6 is 11.9 Å². The minimum absolute atomic E-state index is 0.0189. The maximum absolute atomic E-state index is 12.7. The molecule has 0 heterocycles. The largest absolute Gasteiger partial charge is 0.497 e. The minimum Gasteiger partial charge on any atom is -0.497 e. The van der Waals surface area contributed by atoms with Crippen molar-refractivity contribution in [3.05, 3.63) is 95.1 Å². The zero-order valence-electron chi connectivity index (χ0n) is 23.2. The number of nitrogens with one attached hydrogen (secondary N) is 1. The van der Waals surface area contributed by atoms with Crippen LogP contribution in [0.5, 0.6) is 5.75 Å². The van der Waals surface area contributed by atoms with Gasteiger partial charge in [-0.2, -0.15) is 0 Å². The topological polar surface area (TPSA) is 79.0 Å². The van der Waals surface area contributed by atoms with Gasteiger partial charge in [-0.3, -0.25) is 14.4 Å². The summed E-state index contributed by atoms with van der Waals surface area (Å²) in [6.07, 6.45) is 1.64. The Labute approximate surface area is 235 Å². The van der Waals surface area contributed by atoms with E-state index in [1.165, 1.54) is 9.87 Å². The first-order chi connectivity index (χ1) is 18.7. The van der Waals surface area contributed by atoms with E-state index < -0.39 is 0 Å². The molecule has 3 amide bonds. The van der Waals surface area contributed by atoms with Crippen molar-refractivity contribution in [2.75, 3.05) is 18.5 Å². The Morgan fingerprint density at radius 1 is 0.897 bits per heavy atom. The summed E-state index contributed by atoms with van der Waals surface area (Å²) in [5.41, 5.74) is 4.79. The quantitative estimate of drug-likeness (QED) is 0.217. The van der Waals surface area contributed by atoms with E-state index in [0.29, 0.717) is 36.9 Å². The molecule has 8 heteroatoms. The molecule has 0 bridgehead atoms. The predicted octanol–water partition coefficient (Wildman–Crippen LogP) is 6.18. The van der Waals surface area contributed by atoms with Crippen LogP contribution in [0, 0.1) is 5.92 Å². The fourth-order valence-electron chi connectivity index (χ4n) is 4.03. The van der Waals surface area contributed by atoms with Gasteiger partial charge in [0.15, 0.2) is 0 Å². The average molecular weight is 548 g/mol. The van der Waals surface area contributed by atoms with Crippen LogP contribution in [0.25, 0.3) is 0 Å². The fourth-order valence-corrected chi connectivity index (χ4v) is 4.67. The summed E-state index contributed by atoms with van der Waals surface area (Å²) in [7, 11) is 3.26. The Balaban J connectivity index is 1.48. The highest BCUT2D eigenvalue weighted by molar-refractivity contribution is 8.15. The lowest BCUT2D eigenvalue weighted by atomic mass is 9.96. The number of methoxy groups -OCH3 is 1. The highest BCUT2D eigenvalue weighted by Gasteiger charge is 2.18. The number of anilines is 1. The second-order valence-electron chi connectivity index (χ2n) is 9.94. The van der Waals surface area contributed by atoms with E-state index in [1.807, 2.05) is 43.3 Å². The number of hydrogen-bond donors (Lipinski definition) is 1. The Kier molecular flexibility index (Phi) is 11.0. The number of hydrogen-bond acceptors (Lipinski definition) is 5. The van der Waals surface area contributed by atoms with Crippen molar-refractivity contribution in [3.8, 4) is 5.75 Å². The third kappa shape index (κ3) is 8.89. The molecule has 0 fully saturated rings. The molecular weight excluding hydrogens is 510 g/mol. The monoisotopic (exact) mass is 547 g/mol. The molecule has 0 saturated heterocycles. The van der Waals surface area contributed by atoms with Gasteiger partial charge in [-0.1, -0.05) is 62.4 Å². The van der Waals surface area contributed by atoms with Crippen molar-refractivity contribution in [1.82, 2.24) is 10.2 Å². The van der Waals surface area contributed by atoms with Crippen molar-refractivity contribution >= 4 is 35.2 Å². The van der Waals surface area contributed by atoms with Gasteiger partial charge in [-0.15, -0.1) is 0 Å². The van der Waals surface area contributed by atoms with Gasteiger partial charge < -0.3 is 15.0 Å². The molecule has 206 valence electrons. The summed E-state index contributed by atoms with van der Waals surface area (Å²) in [5.74, 6) is 1.01. The molecule has 1 N–H and O–H groups in total. The lowest BCUT2D eigenvalue weighted by molar-refractivity contribution is -0.122. The highest BCUT2D eigenvalue weighted by Crippen LogP contribution is 2.25. The summed E-state index contributed by atoms with van der Waals surface area (Å²) in [4.78, 5) is 38.6. The number of rotatable bonds is 12. The van der Waals surface area contributed by atoms with Crippen molar-refractivity contribution < 1.29 is 19.1 Å². The molecule has 39 heavy (non-hydrogen) atoms. The van der Waals surface area contributed by atoms with E-state index in [4.69, 9.17) is 4.74 Å². The van der Waals surface area contributed by atoms with Gasteiger partial charge in [-0.25, -0.2) is 4.31 Å². The third-order valence-electron chi connectivity index (χ3n) is 6.34. The summed E-state index contributed by atoms with van der Waals surface area (Å²) in [6.45, 7) is 7.12. The van der Waals surface area contributed by atoms with Crippen LogP contribution in [-0.4, -0.2) is 36.6 Å². The first kappa shape index (κ1) is 29.8. The maximum atomic E-state index is 12.7. The van der Waals surface area contributed by atoms with Crippen LogP contribution in [0.3, 0.4) is 0 Å². The normalized spacial score (nSPS) is 11.5. The van der Waals surface area contributed by atoms with E-state index in [0.717, 1.165) is 35.1 Å². The van der Waals surface area contributed by atoms with Gasteiger partial charge in [0, 0.05) is 20.1 Å². The third-order valence-corrected chi connectivity index (χ3v) is 7.30. The number of carbonyl (C=O) groups excluding carboxylic acids is 3. The van der Waals surface area contributed by atoms with Crippen LogP contribution in [0.2, 0.25) is 0 Å². The molecule has 0 spiro atoms. The molecule has 3 aromatic carbocycles. The molecule has 0 aromatic heterocycles. The van der Waals surface area contributed by atoms with E-state index in [2.05, 4.69) is 31.3 Å². The van der Waals surface area contributed by atoms with Crippen molar-refractivity contribution in [2.24, 2.45) is 5.92 Å². The first-order valence-corrected chi connectivity index (χ1v) is 13.7. The van der Waals surface area contributed by atoms with Gasteiger partial charge in [0.25, 0.3) is 0 Å². The zero-order valence-corrected chi connectivity index (χ0v) is 24.0. The molecule has 0 radical (unpaired) electrons. The average Bonchev–Trinajstić information content (AvgIpc) is 2.95. The predicted molar refractivity (Wildman–Crippen MR) is 158 cm³/mol. The number of nitrogens with zero attached hydrogens (tertiary/aromatic N) is 2. The summed E-state index contributed by atoms with van der Waals surface area (Å²) >= 11 is 0.821. The van der Waals surface area contributed by atoms with Gasteiger partial charge in [0.05, 0.1) is 30.7 Å². The van der Waals surface area contributed by atoms with Crippen LogP contribution in [0.15, 0.2) is 72.8 Å². The van der Waals surface area contributed by atoms with Crippen LogP contribution < -0.4 is 14.4 Å². The zero-order chi connectivity index (χ0) is 28.4. The second kappa shape index (κ2) is 14.4. The molecule has 3 aromatic rings. The number of benzene rings is 3. The molecule has 3 rings (SSSR count). The van der Waals surface area contributed by atoms with Crippen molar-refractivity contribution in [2.45, 2.75) is 46.2 Å². The molecule has 1 atom stereocenters. The molecule has 7 nitrogen and oxygen atoms in total. The smallest absolute Gasteiger partial charge is 0.302 e. The molecule has 0 aliphatic heterocycles. The van der Waals surface area contributed by atoms with Gasteiger partial charge >= 0.3 is 5.24 Å². The van der Waals surface area contributed by atoms with Gasteiger partial charge in [0.2, 0.25) is 12.3 Å². The molecule has 0 aliphatic rings. The van der Waals surface area contributed by atoms with Crippen molar-refractivity contribution in [1.29, 1.82) is 0 Å². The molecular formula is C31H37N3O4S. The first-order valence-electron chi connectivity index (χ1n) is 13.0. The lowest BCUT2D eigenvalue weighted by Gasteiger charge is -2.21. The second-order valence-corrected chi connectivity index (χ2v) is 10.9. The Hall–Kier alpha value is -3.78. The Morgan fingerprint density at radius 3 is 2.05 bits per heavy atom. The molecule has 0 aliphatic carbocycles. The van der Waals surface area contributed by atoms with E-state index >= 15 is 0 Å². The summed E-state index contributed by atoms with van der Waals surface area (Å²) in [6, 6.07) is 23.0. The standard InChI is InChI=1S/C31H37N3O4S/c1-22(2)18-24-10-12-27(13-11-24)23(3)30(36)32-19-25-6-8-26(9-7-25)20-33(4)31(37)39-34(21-35)28-14-16-29(38-5)17-15-28/h6-17,21-23H,18-20H2,1-5H3,(H,32,36). The van der Waals surface area contributed by atoms with E-state index in [-0.39, 0.29) is 17.1 Å². The number of carbonyl (C=O) groups is 3. The Bertz CT molecular complexity index is 1230. The summed E-state index contributed by atoms with van der Waals surface area (Å²) in [5, 5.41) is 2.76. The van der Waals surface area contributed by atoms with Crippen LogP contribution in [0.4, 0.5) is 10.5 Å². The van der Waals surface area contributed by atoms with Gasteiger partial charge in [0.1, 0.15) is 5.75 Å². The fraction of sp³-hybridized carbons (Fsp3) is 0.323. The Morgan fingerprint density at radius 2 is 1.49 bits per heavy atom. The van der Waals surface area contributed by atoms with Crippen LogP contribution in [-0.2, 0) is 29.1 Å². The number of amides is 3. The molecule has 0 saturated carbocycles. The van der Waals surface area contributed by atoms with Gasteiger partial charge in [-0.05, 0) is 65.8 Å². The lowest BCUT2D eigenvalue weighted by Crippen LogP contribution is -2.27. The SMILES string of the molecule is COc1ccc(N(C=O)SC(=O)N(C)Cc2ccc(CNC(=O)C(C)c3ccc(CC(C)C)cc3)cc2)cc1. The minimum atomic E-state index is -0.263. The highest BCUT2D eigenvalue weighted by atomic mass is 32.2. The van der Waals surface area contributed by atoms with Crippen LogP contribution in [0.1, 0.15) is 48.9 Å². The van der Waals surface area contributed by atoms with E-state index in [1.54, 1.807) is 43.3 Å². The van der Waals surface area contributed by atoms with Crippen molar-refractivity contribution in [3.63, 3.8) is 0 Å². The van der Waals surface area contributed by atoms with E-state index in [9.17, 15) is 14.4 Å². The maximum Gasteiger partial charge on any atom is 0.302 e. The summed E-state index contributed by atoms with van der Waals surface area (Å²) < 4.78 is 6.42.